The van der Waals surface area contributed by atoms with Crippen LogP contribution in [0.15, 0.2) is 36.1 Å². The molecule has 2 unspecified atom stereocenters. The van der Waals surface area contributed by atoms with E-state index in [4.69, 9.17) is 4.74 Å². The fourth-order valence-electron chi connectivity index (χ4n) is 2.13. The maximum Gasteiger partial charge on any atom is 0.217 e. The summed E-state index contributed by atoms with van der Waals surface area (Å²) < 4.78 is 5.66. The quantitative estimate of drug-likeness (QED) is 0.776. The van der Waals surface area contributed by atoms with E-state index in [1.807, 2.05) is 19.1 Å². The molecule has 19 heavy (non-hydrogen) atoms. The minimum Gasteiger partial charge on any atom is -0.493 e. The molecule has 0 radical (unpaired) electrons. The number of amides is 1. The highest BCUT2D eigenvalue weighted by Gasteiger charge is 2.27. The molecular formula is C15H23NO3. The SMILES string of the molecule is C=CCOC1=C(C(C)=O)CC=CC(NC(C)=O)C1C.[HH]. The third-order valence-corrected chi connectivity index (χ3v) is 3.07. The van der Waals surface area contributed by atoms with Crippen LogP contribution < -0.4 is 5.32 Å². The van der Waals surface area contributed by atoms with Gasteiger partial charge in [0.1, 0.15) is 12.4 Å². The number of hydrogen-bond acceptors (Lipinski definition) is 3. The summed E-state index contributed by atoms with van der Waals surface area (Å²) in [5, 5.41) is 2.86. The fraction of sp³-hybridized carbons (Fsp3) is 0.467. The lowest BCUT2D eigenvalue weighted by Gasteiger charge is -2.24. The first-order valence-electron chi connectivity index (χ1n) is 6.38. The fourth-order valence-corrected chi connectivity index (χ4v) is 2.13. The summed E-state index contributed by atoms with van der Waals surface area (Å²) in [5.74, 6) is 0.465. The third-order valence-electron chi connectivity index (χ3n) is 3.07. The molecule has 0 heterocycles. The van der Waals surface area contributed by atoms with Crippen molar-refractivity contribution in [1.82, 2.24) is 5.32 Å². The van der Waals surface area contributed by atoms with E-state index < -0.39 is 0 Å². The topological polar surface area (TPSA) is 55.4 Å². The zero-order valence-corrected chi connectivity index (χ0v) is 11.7. The van der Waals surface area contributed by atoms with Crippen molar-refractivity contribution < 1.29 is 15.8 Å². The number of allylic oxidation sites excluding steroid dienone is 2. The molecule has 4 heteroatoms. The predicted molar refractivity (Wildman–Crippen MR) is 76.5 cm³/mol. The zero-order chi connectivity index (χ0) is 14.4. The molecule has 0 aromatic heterocycles. The van der Waals surface area contributed by atoms with Crippen molar-refractivity contribution in [3.63, 3.8) is 0 Å². The van der Waals surface area contributed by atoms with Gasteiger partial charge in [0, 0.05) is 19.8 Å². The van der Waals surface area contributed by atoms with Crippen LogP contribution in [0.2, 0.25) is 0 Å². The molecule has 0 saturated heterocycles. The predicted octanol–water partition coefficient (Wildman–Crippen LogP) is 2.38. The van der Waals surface area contributed by atoms with E-state index in [1.54, 1.807) is 6.08 Å². The monoisotopic (exact) mass is 265 g/mol. The zero-order valence-electron chi connectivity index (χ0n) is 11.7. The number of hydrogen-bond donors (Lipinski definition) is 1. The molecule has 106 valence electrons. The molecule has 0 aliphatic heterocycles. The number of Topliss-reactive ketones (excluding diaryl/α,β-unsaturated/α-hetero) is 1. The average Bonchev–Trinajstić information content (AvgIpc) is 2.47. The van der Waals surface area contributed by atoms with Crippen molar-refractivity contribution >= 4 is 11.7 Å². The van der Waals surface area contributed by atoms with Gasteiger partial charge in [0.15, 0.2) is 5.78 Å². The van der Waals surface area contributed by atoms with Crippen LogP contribution in [0.25, 0.3) is 0 Å². The Kier molecular flexibility index (Phi) is 5.55. The Balaban J connectivity index is 0.00000361. The molecule has 1 aliphatic rings. The summed E-state index contributed by atoms with van der Waals surface area (Å²) >= 11 is 0. The Hall–Kier alpha value is -1.84. The molecule has 0 saturated carbocycles. The molecular weight excluding hydrogens is 242 g/mol. The van der Waals surface area contributed by atoms with Crippen molar-refractivity contribution in [2.24, 2.45) is 5.92 Å². The number of carbonyl (C=O) groups excluding carboxylic acids is 2. The number of carbonyl (C=O) groups is 2. The van der Waals surface area contributed by atoms with Crippen LogP contribution >= 0.6 is 0 Å². The van der Waals surface area contributed by atoms with Crippen LogP contribution in [-0.2, 0) is 14.3 Å². The first kappa shape index (κ1) is 15.2. The highest BCUT2D eigenvalue weighted by atomic mass is 16.5. The Morgan fingerprint density at radius 1 is 1.58 bits per heavy atom. The van der Waals surface area contributed by atoms with E-state index in [0.29, 0.717) is 24.4 Å². The Morgan fingerprint density at radius 2 is 2.26 bits per heavy atom. The Bertz CT molecular complexity index is 440. The molecule has 0 fully saturated rings. The summed E-state index contributed by atoms with van der Waals surface area (Å²) in [5.41, 5.74) is 0.665. The summed E-state index contributed by atoms with van der Waals surface area (Å²) in [6.45, 7) is 8.92. The minimum atomic E-state index is -0.158. The van der Waals surface area contributed by atoms with Crippen molar-refractivity contribution in [3.8, 4) is 0 Å². The van der Waals surface area contributed by atoms with Gasteiger partial charge in [0.05, 0.1) is 6.04 Å². The van der Waals surface area contributed by atoms with Crippen LogP contribution in [0.1, 0.15) is 28.6 Å². The normalized spacial score (nSPS) is 22.7. The Labute approximate surface area is 115 Å². The minimum absolute atomic E-state index is 0. The second-order valence-electron chi connectivity index (χ2n) is 4.65. The largest absolute Gasteiger partial charge is 0.493 e. The summed E-state index contributed by atoms with van der Waals surface area (Å²) in [6, 6.07) is -0.158. The molecule has 1 aliphatic carbocycles. The lowest BCUT2D eigenvalue weighted by molar-refractivity contribution is -0.119. The van der Waals surface area contributed by atoms with Crippen molar-refractivity contribution in [3.05, 3.63) is 36.1 Å². The molecule has 2 atom stereocenters. The molecule has 0 bridgehead atoms. The summed E-state index contributed by atoms with van der Waals surface area (Å²) in [7, 11) is 0. The second kappa shape index (κ2) is 6.92. The summed E-state index contributed by atoms with van der Waals surface area (Å²) in [4.78, 5) is 22.9. The van der Waals surface area contributed by atoms with Crippen LogP contribution in [0.5, 0.6) is 0 Å². The molecule has 1 rings (SSSR count). The second-order valence-corrected chi connectivity index (χ2v) is 4.65. The highest BCUT2D eigenvalue weighted by molar-refractivity contribution is 5.94. The number of rotatable bonds is 5. The van der Waals surface area contributed by atoms with Gasteiger partial charge in [0.25, 0.3) is 0 Å². The van der Waals surface area contributed by atoms with E-state index in [2.05, 4.69) is 11.9 Å². The smallest absolute Gasteiger partial charge is 0.217 e. The molecule has 1 amide bonds. The lowest BCUT2D eigenvalue weighted by Crippen LogP contribution is -2.37. The first-order valence-corrected chi connectivity index (χ1v) is 6.38. The maximum atomic E-state index is 11.7. The van der Waals surface area contributed by atoms with Gasteiger partial charge in [-0.05, 0) is 13.3 Å². The van der Waals surface area contributed by atoms with Crippen LogP contribution in [0.3, 0.4) is 0 Å². The number of ketones is 1. The summed E-state index contributed by atoms with van der Waals surface area (Å²) in [6.07, 6.45) is 5.99. The van der Waals surface area contributed by atoms with E-state index >= 15 is 0 Å². The van der Waals surface area contributed by atoms with Gasteiger partial charge in [-0.3, -0.25) is 9.59 Å². The van der Waals surface area contributed by atoms with E-state index in [9.17, 15) is 9.59 Å². The van der Waals surface area contributed by atoms with Crippen molar-refractivity contribution in [2.45, 2.75) is 33.2 Å². The van der Waals surface area contributed by atoms with Crippen LogP contribution in [0, 0.1) is 5.92 Å². The van der Waals surface area contributed by atoms with Crippen LogP contribution in [-0.4, -0.2) is 24.3 Å². The average molecular weight is 265 g/mol. The molecule has 0 spiro atoms. The highest BCUT2D eigenvalue weighted by Crippen LogP contribution is 2.27. The van der Waals surface area contributed by atoms with Gasteiger partial charge in [-0.15, -0.1) is 0 Å². The van der Waals surface area contributed by atoms with E-state index in [-0.39, 0.29) is 25.1 Å². The standard InChI is InChI=1S/C15H21NO3.H2/c1-5-9-19-15-10(2)14(16-12(4)18)8-6-7-13(15)11(3)17;/h5-6,8,10,14H,1,7,9H2,2-4H3,(H,16,18);1H. The van der Waals surface area contributed by atoms with Gasteiger partial charge in [-0.25, -0.2) is 0 Å². The van der Waals surface area contributed by atoms with E-state index in [0.717, 1.165) is 0 Å². The van der Waals surface area contributed by atoms with Crippen molar-refractivity contribution in [1.29, 1.82) is 0 Å². The number of nitrogens with one attached hydrogen (secondary N) is 1. The van der Waals surface area contributed by atoms with Crippen LogP contribution in [0.4, 0.5) is 0 Å². The molecule has 0 aromatic carbocycles. The molecule has 1 N–H and O–H groups in total. The van der Waals surface area contributed by atoms with E-state index in [1.165, 1.54) is 13.8 Å². The third kappa shape index (κ3) is 4.09. The first-order chi connectivity index (χ1) is 8.97. The van der Waals surface area contributed by atoms with Crippen molar-refractivity contribution in [2.75, 3.05) is 6.61 Å². The van der Waals surface area contributed by atoms with Gasteiger partial charge in [-0.1, -0.05) is 31.7 Å². The van der Waals surface area contributed by atoms with Gasteiger partial charge >= 0.3 is 0 Å². The molecule has 4 nitrogen and oxygen atoms in total. The van der Waals surface area contributed by atoms with Gasteiger partial charge in [-0.2, -0.15) is 0 Å². The lowest BCUT2D eigenvalue weighted by atomic mass is 9.96. The number of ether oxygens (including phenoxy) is 1. The Morgan fingerprint density at radius 3 is 2.79 bits per heavy atom. The van der Waals surface area contributed by atoms with Gasteiger partial charge < -0.3 is 10.1 Å². The molecule has 0 aromatic rings. The maximum absolute atomic E-state index is 11.7. The van der Waals surface area contributed by atoms with Gasteiger partial charge in [0.2, 0.25) is 5.91 Å².